The van der Waals surface area contributed by atoms with E-state index < -0.39 is 65.8 Å². The first kappa shape index (κ1) is 37.3. The van der Waals surface area contributed by atoms with Gasteiger partial charge in [-0.05, 0) is 61.5 Å². The summed E-state index contributed by atoms with van der Waals surface area (Å²) in [6.07, 6.45) is 3.77. The van der Waals surface area contributed by atoms with Gasteiger partial charge in [-0.3, -0.25) is 33.8 Å². The van der Waals surface area contributed by atoms with Crippen LogP contribution in [0.4, 0.5) is 0 Å². The van der Waals surface area contributed by atoms with Crippen molar-refractivity contribution in [3.63, 3.8) is 0 Å². The molecule has 0 bridgehead atoms. The second kappa shape index (κ2) is 16.8. The Labute approximate surface area is 301 Å². The molecule has 6 amide bonds. The third-order valence-corrected chi connectivity index (χ3v) is 9.91. The first-order chi connectivity index (χ1) is 24.5. The zero-order chi connectivity index (χ0) is 36.7. The summed E-state index contributed by atoms with van der Waals surface area (Å²) in [5.74, 6) is -2.80. The van der Waals surface area contributed by atoms with Gasteiger partial charge < -0.3 is 31.5 Å². The summed E-state index contributed by atoms with van der Waals surface area (Å²) in [5, 5.41) is 15.0. The SMILES string of the molecule is CSCC[C@@H]1NC(=O)C[C@@H](c2ccccc2)NC(=O)[C@H](C)NC(=O)[C@@H]2C[C@H](NC(=O)c3cccc4ncccc34)CN2C(=O)[C@H](C(C)C)NC1=O. The number of amides is 6. The molecule has 13 nitrogen and oxygen atoms in total. The highest BCUT2D eigenvalue weighted by Crippen LogP contribution is 2.24. The normalized spacial score (nSPS) is 25.1. The van der Waals surface area contributed by atoms with Crippen molar-refractivity contribution in [3.05, 3.63) is 78.0 Å². The summed E-state index contributed by atoms with van der Waals surface area (Å²) in [6.45, 7) is 5.09. The Morgan fingerprint density at radius 1 is 0.922 bits per heavy atom. The fraction of sp³-hybridized carbons (Fsp3) is 0.432. The average Bonchev–Trinajstić information content (AvgIpc) is 3.55. The van der Waals surface area contributed by atoms with Gasteiger partial charge in [0.05, 0.1) is 18.0 Å². The number of aromatic nitrogens is 1. The number of hydrogen-bond donors (Lipinski definition) is 5. The van der Waals surface area contributed by atoms with Crippen LogP contribution < -0.4 is 26.6 Å². The Balaban J connectivity index is 1.46. The van der Waals surface area contributed by atoms with E-state index in [0.717, 1.165) is 0 Å². The molecule has 270 valence electrons. The summed E-state index contributed by atoms with van der Waals surface area (Å²) >= 11 is 1.51. The minimum Gasteiger partial charge on any atom is -0.347 e. The number of carbonyl (C=O) groups excluding carboxylic acids is 6. The fourth-order valence-electron chi connectivity index (χ4n) is 6.50. The van der Waals surface area contributed by atoms with Crippen LogP contribution in [-0.2, 0) is 24.0 Å². The van der Waals surface area contributed by atoms with Gasteiger partial charge in [-0.25, -0.2) is 0 Å². The fourth-order valence-corrected chi connectivity index (χ4v) is 6.97. The van der Waals surface area contributed by atoms with E-state index in [9.17, 15) is 28.8 Å². The largest absolute Gasteiger partial charge is 0.347 e. The van der Waals surface area contributed by atoms with E-state index >= 15 is 0 Å². The lowest BCUT2D eigenvalue weighted by Gasteiger charge is -2.32. The summed E-state index contributed by atoms with van der Waals surface area (Å²) in [6, 6.07) is 12.3. The predicted molar refractivity (Wildman–Crippen MR) is 194 cm³/mol. The molecule has 0 radical (unpaired) electrons. The minimum atomic E-state index is -1.05. The average molecular weight is 716 g/mol. The monoisotopic (exact) mass is 715 g/mol. The zero-order valence-corrected chi connectivity index (χ0v) is 30.0. The van der Waals surface area contributed by atoms with E-state index in [1.165, 1.54) is 23.6 Å². The van der Waals surface area contributed by atoms with Crippen LogP contribution in [-0.4, -0.2) is 94.1 Å². The van der Waals surface area contributed by atoms with Gasteiger partial charge in [-0.1, -0.05) is 56.3 Å². The topological polar surface area (TPSA) is 179 Å². The van der Waals surface area contributed by atoms with E-state index in [-0.39, 0.29) is 31.2 Å². The molecule has 1 aromatic heterocycles. The van der Waals surface area contributed by atoms with Crippen molar-refractivity contribution in [1.29, 1.82) is 0 Å². The van der Waals surface area contributed by atoms with Gasteiger partial charge in [0.1, 0.15) is 24.2 Å². The quantitative estimate of drug-likeness (QED) is 0.247. The third-order valence-electron chi connectivity index (χ3n) is 9.27. The smallest absolute Gasteiger partial charge is 0.252 e. The van der Waals surface area contributed by atoms with E-state index in [1.807, 2.05) is 12.3 Å². The minimum absolute atomic E-state index is 0.00589. The number of hydrogen-bond acceptors (Lipinski definition) is 8. The highest BCUT2D eigenvalue weighted by Gasteiger charge is 2.44. The second-order valence-corrected chi connectivity index (χ2v) is 14.3. The van der Waals surface area contributed by atoms with Crippen molar-refractivity contribution >= 4 is 58.1 Å². The van der Waals surface area contributed by atoms with Crippen LogP contribution in [0.3, 0.4) is 0 Å². The van der Waals surface area contributed by atoms with Crippen LogP contribution in [0, 0.1) is 5.92 Å². The number of fused-ring (bicyclic) bond motifs is 2. The molecule has 3 heterocycles. The van der Waals surface area contributed by atoms with Gasteiger partial charge in [-0.2, -0.15) is 11.8 Å². The Morgan fingerprint density at radius 2 is 1.69 bits per heavy atom. The van der Waals surface area contributed by atoms with Crippen LogP contribution in [0.15, 0.2) is 66.9 Å². The summed E-state index contributed by atoms with van der Waals surface area (Å²) < 4.78 is 0. The lowest BCUT2D eigenvalue weighted by molar-refractivity contribution is -0.143. The van der Waals surface area contributed by atoms with Crippen LogP contribution in [0.5, 0.6) is 0 Å². The Kier molecular flexibility index (Phi) is 12.3. The van der Waals surface area contributed by atoms with E-state index in [1.54, 1.807) is 74.6 Å². The van der Waals surface area contributed by atoms with Gasteiger partial charge >= 0.3 is 0 Å². The van der Waals surface area contributed by atoms with Crippen LogP contribution in [0.25, 0.3) is 10.9 Å². The summed E-state index contributed by atoms with van der Waals surface area (Å²) in [7, 11) is 0. The third kappa shape index (κ3) is 9.04. The van der Waals surface area contributed by atoms with Crippen molar-refractivity contribution in [3.8, 4) is 0 Å². The first-order valence-corrected chi connectivity index (χ1v) is 18.6. The second-order valence-electron chi connectivity index (χ2n) is 13.3. The van der Waals surface area contributed by atoms with E-state index in [0.29, 0.717) is 34.2 Å². The molecule has 3 aromatic rings. The van der Waals surface area contributed by atoms with Crippen LogP contribution in [0.1, 0.15) is 62.0 Å². The Hall–Kier alpha value is -4.98. The zero-order valence-electron chi connectivity index (χ0n) is 29.2. The number of nitrogens with zero attached hydrogens (tertiary/aromatic N) is 2. The lowest BCUT2D eigenvalue weighted by Crippen LogP contribution is -2.59. The highest BCUT2D eigenvalue weighted by molar-refractivity contribution is 7.98. The highest BCUT2D eigenvalue weighted by atomic mass is 32.2. The molecule has 2 aromatic carbocycles. The van der Waals surface area contributed by atoms with Gasteiger partial charge in [0.2, 0.25) is 29.5 Å². The molecule has 2 aliphatic heterocycles. The number of benzene rings is 2. The Bertz CT molecular complexity index is 1770. The molecule has 5 rings (SSSR count). The lowest BCUT2D eigenvalue weighted by atomic mass is 10.0. The molecular weight excluding hydrogens is 671 g/mol. The molecular formula is C37H45N7O6S. The van der Waals surface area contributed by atoms with Crippen molar-refractivity contribution in [2.75, 3.05) is 18.6 Å². The molecule has 2 fully saturated rings. The molecule has 0 spiro atoms. The number of rotatable bonds is 7. The van der Waals surface area contributed by atoms with Gasteiger partial charge in [0, 0.05) is 29.7 Å². The predicted octanol–water partition coefficient (Wildman–Crippen LogP) is 2.08. The molecule has 0 saturated carbocycles. The van der Waals surface area contributed by atoms with E-state index in [2.05, 4.69) is 31.6 Å². The molecule has 51 heavy (non-hydrogen) atoms. The summed E-state index contributed by atoms with van der Waals surface area (Å²) in [5.41, 5.74) is 1.73. The number of pyridine rings is 1. The molecule has 6 atom stereocenters. The van der Waals surface area contributed by atoms with Crippen molar-refractivity contribution in [1.82, 2.24) is 36.5 Å². The Morgan fingerprint density at radius 3 is 2.41 bits per heavy atom. The molecule has 2 aliphatic rings. The molecule has 0 unspecified atom stereocenters. The number of carbonyl (C=O) groups is 6. The maximum atomic E-state index is 14.3. The van der Waals surface area contributed by atoms with Crippen LogP contribution >= 0.6 is 11.8 Å². The van der Waals surface area contributed by atoms with Crippen molar-refractivity contribution < 1.29 is 28.8 Å². The molecule has 0 aliphatic carbocycles. The number of thioether (sulfide) groups is 1. The van der Waals surface area contributed by atoms with Crippen LogP contribution in [0.2, 0.25) is 0 Å². The maximum Gasteiger partial charge on any atom is 0.252 e. The van der Waals surface area contributed by atoms with E-state index in [4.69, 9.17) is 0 Å². The molecule has 5 N–H and O–H groups in total. The maximum absolute atomic E-state index is 14.3. The molecule has 2 saturated heterocycles. The standard InChI is InChI=1S/C37H45N7O6S/c1-21(2)32-37(50)44-20-24(40-34(47)26-12-8-14-27-25(26)13-9-16-38-27)18-30(44)36(49)39-22(3)33(46)42-29(23-10-6-5-7-11-23)19-31(45)41-28(15-17-51-4)35(48)43-32/h5-14,16,21-22,24,28-30,32H,15,17-20H2,1-4H3,(H,39,49)(H,40,47)(H,41,45)(H,42,46)(H,43,48)/t22-,24-,28-,29-,30-,32-/m0/s1. The first-order valence-electron chi connectivity index (χ1n) is 17.2. The number of nitrogens with one attached hydrogen (secondary N) is 5. The van der Waals surface area contributed by atoms with Gasteiger partial charge in [0.25, 0.3) is 5.91 Å². The molecule has 14 heteroatoms. The summed E-state index contributed by atoms with van der Waals surface area (Å²) in [4.78, 5) is 88.2. The van der Waals surface area contributed by atoms with Crippen molar-refractivity contribution in [2.24, 2.45) is 5.92 Å². The van der Waals surface area contributed by atoms with Gasteiger partial charge in [0.15, 0.2) is 0 Å². The van der Waals surface area contributed by atoms with Crippen molar-refractivity contribution in [2.45, 2.75) is 76.3 Å². The van der Waals surface area contributed by atoms with Gasteiger partial charge in [-0.15, -0.1) is 0 Å².